The van der Waals surface area contributed by atoms with Crippen molar-refractivity contribution < 1.29 is 4.21 Å². The van der Waals surface area contributed by atoms with Crippen LogP contribution in [0, 0.1) is 6.92 Å². The number of aromatic nitrogens is 1. The molecule has 1 unspecified atom stereocenters. The lowest BCUT2D eigenvalue weighted by Crippen LogP contribution is -2.05. The predicted molar refractivity (Wildman–Crippen MR) is 74.2 cm³/mol. The third kappa shape index (κ3) is 2.59. The highest BCUT2D eigenvalue weighted by atomic mass is 32.2. The Morgan fingerprint density at radius 2 is 1.78 bits per heavy atom. The number of pyridine rings is 1. The topological polar surface area (TPSA) is 49.9 Å². The molecule has 0 fully saturated rings. The molecule has 2 aromatic rings. The molecule has 0 aliphatic heterocycles. The van der Waals surface area contributed by atoms with E-state index in [9.17, 15) is 9.00 Å². The van der Waals surface area contributed by atoms with Crippen molar-refractivity contribution in [3.05, 3.63) is 52.4 Å². The van der Waals surface area contributed by atoms with Crippen LogP contribution in [-0.4, -0.2) is 14.9 Å². The third-order valence-corrected chi connectivity index (χ3v) is 4.13. The lowest BCUT2D eigenvalue weighted by atomic mass is 10.1. The Labute approximate surface area is 108 Å². The first-order chi connectivity index (χ1) is 8.61. The number of aromatic amines is 1. The molecule has 18 heavy (non-hydrogen) atoms. The number of rotatable bonds is 3. The summed E-state index contributed by atoms with van der Waals surface area (Å²) in [4.78, 5) is 14.8. The highest BCUT2D eigenvalue weighted by Gasteiger charge is 2.04. The first kappa shape index (κ1) is 12.8. The van der Waals surface area contributed by atoms with Crippen LogP contribution in [0.1, 0.15) is 12.6 Å². The molecule has 0 amide bonds. The van der Waals surface area contributed by atoms with Crippen molar-refractivity contribution in [2.45, 2.75) is 18.7 Å². The molecule has 94 valence electrons. The quantitative estimate of drug-likeness (QED) is 0.922. The summed E-state index contributed by atoms with van der Waals surface area (Å²) in [6, 6.07) is 10.9. The fourth-order valence-electron chi connectivity index (χ4n) is 1.84. The molecule has 4 heteroatoms. The van der Waals surface area contributed by atoms with Gasteiger partial charge in [-0.05, 0) is 30.7 Å². The molecule has 1 N–H and O–H groups in total. The second kappa shape index (κ2) is 5.31. The second-order valence-corrected chi connectivity index (χ2v) is 5.76. The number of H-pyrrole nitrogens is 1. The minimum atomic E-state index is -0.922. The van der Waals surface area contributed by atoms with Gasteiger partial charge in [-0.15, -0.1) is 0 Å². The van der Waals surface area contributed by atoms with Gasteiger partial charge in [0.25, 0.3) is 0 Å². The van der Waals surface area contributed by atoms with Gasteiger partial charge in [-0.25, -0.2) is 0 Å². The van der Waals surface area contributed by atoms with E-state index in [0.717, 1.165) is 21.7 Å². The average molecular weight is 261 g/mol. The molecule has 1 aromatic heterocycles. The zero-order valence-electron chi connectivity index (χ0n) is 10.4. The van der Waals surface area contributed by atoms with E-state index in [4.69, 9.17) is 0 Å². The summed E-state index contributed by atoms with van der Waals surface area (Å²) < 4.78 is 11.6. The van der Waals surface area contributed by atoms with E-state index in [1.165, 1.54) is 6.07 Å². The lowest BCUT2D eigenvalue weighted by Gasteiger charge is -2.06. The molecule has 0 bridgehead atoms. The molecule has 1 aromatic carbocycles. The molecule has 0 spiro atoms. The lowest BCUT2D eigenvalue weighted by molar-refractivity contribution is 0.684. The van der Waals surface area contributed by atoms with E-state index in [0.29, 0.717) is 5.75 Å². The Kier molecular flexibility index (Phi) is 3.77. The van der Waals surface area contributed by atoms with Crippen LogP contribution in [0.2, 0.25) is 0 Å². The summed E-state index contributed by atoms with van der Waals surface area (Å²) >= 11 is 0. The van der Waals surface area contributed by atoms with Crippen LogP contribution in [0.5, 0.6) is 0 Å². The SMILES string of the molecule is CCS(=O)c1ccc(-c2ccc(=O)[nH]c2C)cc1. The van der Waals surface area contributed by atoms with Gasteiger partial charge in [0, 0.05) is 28.0 Å². The van der Waals surface area contributed by atoms with Crippen molar-refractivity contribution in [3.8, 4) is 11.1 Å². The molecule has 0 aliphatic carbocycles. The van der Waals surface area contributed by atoms with Crippen LogP contribution in [0.15, 0.2) is 46.1 Å². The second-order valence-electron chi connectivity index (χ2n) is 4.02. The molecule has 1 atom stereocenters. The van der Waals surface area contributed by atoms with E-state index in [-0.39, 0.29) is 5.56 Å². The van der Waals surface area contributed by atoms with Crippen molar-refractivity contribution >= 4 is 10.8 Å². The fraction of sp³-hybridized carbons (Fsp3) is 0.214. The van der Waals surface area contributed by atoms with E-state index < -0.39 is 10.8 Å². The van der Waals surface area contributed by atoms with Crippen LogP contribution in [0.4, 0.5) is 0 Å². The maximum absolute atomic E-state index is 11.6. The summed E-state index contributed by atoms with van der Waals surface area (Å²) in [5.74, 6) is 0.622. The van der Waals surface area contributed by atoms with Crippen LogP contribution in [-0.2, 0) is 10.8 Å². The van der Waals surface area contributed by atoms with Crippen molar-refractivity contribution in [2.24, 2.45) is 0 Å². The Morgan fingerprint density at radius 3 is 2.33 bits per heavy atom. The molecule has 0 saturated heterocycles. The van der Waals surface area contributed by atoms with E-state index in [2.05, 4.69) is 4.98 Å². The molecule has 3 nitrogen and oxygen atoms in total. The molecule has 0 aliphatic rings. The Bertz CT molecular complexity index is 629. The van der Waals surface area contributed by atoms with Gasteiger partial charge in [-0.2, -0.15) is 0 Å². The van der Waals surface area contributed by atoms with Gasteiger partial charge in [0.2, 0.25) is 5.56 Å². The van der Waals surface area contributed by atoms with Gasteiger partial charge in [-0.1, -0.05) is 19.1 Å². The summed E-state index contributed by atoms with van der Waals surface area (Å²) in [6.45, 7) is 3.77. The smallest absolute Gasteiger partial charge is 0.248 e. The van der Waals surface area contributed by atoms with Crippen LogP contribution < -0.4 is 5.56 Å². The zero-order chi connectivity index (χ0) is 13.1. The van der Waals surface area contributed by atoms with Crippen LogP contribution in [0.25, 0.3) is 11.1 Å². The normalized spacial score (nSPS) is 12.3. The number of aryl methyl sites for hydroxylation is 1. The van der Waals surface area contributed by atoms with Crippen molar-refractivity contribution in [2.75, 3.05) is 5.75 Å². The molecule has 0 radical (unpaired) electrons. The van der Waals surface area contributed by atoms with Crippen LogP contribution >= 0.6 is 0 Å². The highest BCUT2D eigenvalue weighted by Crippen LogP contribution is 2.22. The highest BCUT2D eigenvalue weighted by molar-refractivity contribution is 7.85. The fourth-order valence-corrected chi connectivity index (χ4v) is 2.62. The summed E-state index contributed by atoms with van der Waals surface area (Å²) in [5, 5.41) is 0. The Morgan fingerprint density at radius 1 is 1.11 bits per heavy atom. The first-order valence-electron chi connectivity index (χ1n) is 5.80. The monoisotopic (exact) mass is 261 g/mol. The largest absolute Gasteiger partial charge is 0.326 e. The van der Waals surface area contributed by atoms with Crippen LogP contribution in [0.3, 0.4) is 0 Å². The van der Waals surface area contributed by atoms with Crippen molar-refractivity contribution in [3.63, 3.8) is 0 Å². The number of hydrogen-bond donors (Lipinski definition) is 1. The van der Waals surface area contributed by atoms with Gasteiger partial charge in [0.05, 0.1) is 10.8 Å². The van der Waals surface area contributed by atoms with E-state index in [1.807, 2.05) is 38.1 Å². The van der Waals surface area contributed by atoms with Gasteiger partial charge < -0.3 is 4.98 Å². The zero-order valence-corrected chi connectivity index (χ0v) is 11.2. The summed E-state index contributed by atoms with van der Waals surface area (Å²) in [5.41, 5.74) is 2.75. The van der Waals surface area contributed by atoms with Gasteiger partial charge in [0.1, 0.15) is 0 Å². The van der Waals surface area contributed by atoms with Gasteiger partial charge in [-0.3, -0.25) is 9.00 Å². The Hall–Kier alpha value is -1.68. The van der Waals surface area contributed by atoms with E-state index in [1.54, 1.807) is 6.07 Å². The van der Waals surface area contributed by atoms with Crippen molar-refractivity contribution in [1.29, 1.82) is 0 Å². The molecule has 2 rings (SSSR count). The third-order valence-electron chi connectivity index (χ3n) is 2.81. The van der Waals surface area contributed by atoms with E-state index >= 15 is 0 Å². The maximum Gasteiger partial charge on any atom is 0.248 e. The molecule has 1 heterocycles. The van der Waals surface area contributed by atoms with Gasteiger partial charge in [0.15, 0.2) is 0 Å². The minimum absolute atomic E-state index is 0.0973. The maximum atomic E-state index is 11.6. The van der Waals surface area contributed by atoms with Gasteiger partial charge >= 0.3 is 0 Å². The number of nitrogens with one attached hydrogen (secondary N) is 1. The minimum Gasteiger partial charge on any atom is -0.326 e. The Balaban J connectivity index is 2.40. The summed E-state index contributed by atoms with van der Waals surface area (Å²) in [7, 11) is -0.922. The average Bonchev–Trinajstić information content (AvgIpc) is 2.38. The van der Waals surface area contributed by atoms with Crippen molar-refractivity contribution in [1.82, 2.24) is 4.98 Å². The summed E-state index contributed by atoms with van der Waals surface area (Å²) in [6.07, 6.45) is 0. The molecular formula is C14H15NO2S. The first-order valence-corrected chi connectivity index (χ1v) is 7.12. The standard InChI is InChI=1S/C14H15NO2S/c1-3-18(17)12-6-4-11(5-7-12)13-8-9-14(16)15-10(13)2/h4-9H,3H2,1-2H3,(H,15,16). The predicted octanol–water partition coefficient (Wildman–Crippen LogP) is 2.48. The number of benzene rings is 1. The molecule has 0 saturated carbocycles. The molecular weight excluding hydrogens is 246 g/mol. The number of hydrogen-bond acceptors (Lipinski definition) is 2.